The molecule has 144 valence electrons. The Bertz CT molecular complexity index is 1040. The smallest absolute Gasteiger partial charge is 0.234 e. The first kappa shape index (κ1) is 19.7. The molecule has 29 heavy (non-hydrogen) atoms. The molecule has 1 aromatic heterocycles. The summed E-state index contributed by atoms with van der Waals surface area (Å²) in [5.41, 5.74) is 3.87. The number of rotatable bonds is 6. The molecule has 0 aliphatic carbocycles. The monoisotopic (exact) mass is 436 g/mol. The number of aromatic nitrogens is 1. The minimum Gasteiger partial charge on any atom is -0.325 e. The molecule has 0 aliphatic heterocycles. The zero-order valence-electron chi connectivity index (χ0n) is 15.3. The molecule has 0 spiro atoms. The van der Waals surface area contributed by atoms with Crippen LogP contribution in [0.15, 0.2) is 89.3 Å². The molecular weight excluding hydrogens is 420 g/mol. The molecule has 4 aromatic rings. The van der Waals surface area contributed by atoms with Gasteiger partial charge in [-0.25, -0.2) is 4.98 Å². The maximum Gasteiger partial charge on any atom is 0.234 e. The van der Waals surface area contributed by atoms with E-state index in [2.05, 4.69) is 29.6 Å². The number of hydrogen-bond donors (Lipinski definition) is 1. The fourth-order valence-corrected chi connectivity index (χ4v) is 4.89. The zero-order chi connectivity index (χ0) is 20.1. The summed E-state index contributed by atoms with van der Waals surface area (Å²) >= 11 is 8.94. The fraction of sp³-hybridized carbons (Fsp3) is 0.0435. The number of halogens is 1. The van der Waals surface area contributed by atoms with Gasteiger partial charge in [-0.1, -0.05) is 84.0 Å². The van der Waals surface area contributed by atoms with Gasteiger partial charge in [-0.15, -0.1) is 11.3 Å². The van der Waals surface area contributed by atoms with Crippen molar-refractivity contribution in [1.29, 1.82) is 0 Å². The van der Waals surface area contributed by atoms with E-state index in [1.807, 2.05) is 36.4 Å². The summed E-state index contributed by atoms with van der Waals surface area (Å²) in [5.74, 6) is 0.216. The quantitative estimate of drug-likeness (QED) is 0.335. The SMILES string of the molecule is O=C(CSc1nc(-c2ccccc2)c(-c2ccccc2)s1)Nc1ccc(Cl)cc1. The lowest BCUT2D eigenvalue weighted by Gasteiger charge is -2.04. The van der Waals surface area contributed by atoms with E-state index in [0.29, 0.717) is 10.8 Å². The molecular formula is C23H17ClN2OS2. The summed E-state index contributed by atoms with van der Waals surface area (Å²) in [7, 11) is 0. The van der Waals surface area contributed by atoms with Crippen LogP contribution >= 0.6 is 34.7 Å². The Hall–Kier alpha value is -2.60. The van der Waals surface area contributed by atoms with Crippen LogP contribution in [-0.4, -0.2) is 16.6 Å². The Morgan fingerprint density at radius 3 is 2.17 bits per heavy atom. The van der Waals surface area contributed by atoms with Gasteiger partial charge in [0.15, 0.2) is 4.34 Å². The summed E-state index contributed by atoms with van der Waals surface area (Å²) in [6.07, 6.45) is 0. The number of thiazole rings is 1. The van der Waals surface area contributed by atoms with E-state index in [4.69, 9.17) is 16.6 Å². The number of carbonyl (C=O) groups is 1. The van der Waals surface area contributed by atoms with Gasteiger partial charge in [0.05, 0.1) is 16.3 Å². The summed E-state index contributed by atoms with van der Waals surface area (Å²) in [6.45, 7) is 0. The summed E-state index contributed by atoms with van der Waals surface area (Å²) in [4.78, 5) is 18.3. The van der Waals surface area contributed by atoms with Crippen molar-refractivity contribution < 1.29 is 4.79 Å². The molecule has 0 atom stereocenters. The minimum absolute atomic E-state index is 0.0740. The number of benzene rings is 3. The van der Waals surface area contributed by atoms with E-state index >= 15 is 0 Å². The van der Waals surface area contributed by atoms with Gasteiger partial charge in [-0.3, -0.25) is 4.79 Å². The van der Waals surface area contributed by atoms with Crippen LogP contribution in [-0.2, 0) is 4.79 Å². The van der Waals surface area contributed by atoms with Crippen LogP contribution in [0.3, 0.4) is 0 Å². The van der Waals surface area contributed by atoms with E-state index in [9.17, 15) is 4.79 Å². The normalized spacial score (nSPS) is 10.7. The Morgan fingerprint density at radius 1 is 0.897 bits per heavy atom. The maximum absolute atomic E-state index is 12.3. The second-order valence-corrected chi connectivity index (χ2v) is 8.89. The van der Waals surface area contributed by atoms with Crippen LogP contribution in [0.5, 0.6) is 0 Å². The molecule has 1 heterocycles. The maximum atomic E-state index is 12.3. The van der Waals surface area contributed by atoms with Crippen LogP contribution in [0, 0.1) is 0 Å². The molecule has 0 bridgehead atoms. The highest BCUT2D eigenvalue weighted by atomic mass is 35.5. The first-order valence-electron chi connectivity index (χ1n) is 8.99. The Labute approximate surface area is 182 Å². The van der Waals surface area contributed by atoms with E-state index < -0.39 is 0 Å². The predicted octanol–water partition coefficient (Wildman–Crippen LogP) is 6.86. The van der Waals surface area contributed by atoms with Crippen LogP contribution in [0.25, 0.3) is 21.7 Å². The lowest BCUT2D eigenvalue weighted by Crippen LogP contribution is -2.13. The number of anilines is 1. The van der Waals surface area contributed by atoms with Crippen molar-refractivity contribution in [2.45, 2.75) is 4.34 Å². The topological polar surface area (TPSA) is 42.0 Å². The molecule has 3 nitrogen and oxygen atoms in total. The second kappa shape index (κ2) is 9.27. The lowest BCUT2D eigenvalue weighted by atomic mass is 10.1. The molecule has 0 fully saturated rings. The van der Waals surface area contributed by atoms with Crippen molar-refractivity contribution in [2.75, 3.05) is 11.1 Å². The van der Waals surface area contributed by atoms with Crippen molar-refractivity contribution >= 4 is 46.3 Å². The first-order valence-corrected chi connectivity index (χ1v) is 11.2. The molecule has 0 aliphatic rings. The summed E-state index contributed by atoms with van der Waals surface area (Å²) < 4.78 is 0.869. The standard InChI is InChI=1S/C23H17ClN2OS2/c24-18-11-13-19(14-12-18)25-20(27)15-28-23-26-21(16-7-3-1-4-8-16)22(29-23)17-9-5-2-6-10-17/h1-14H,15H2,(H,25,27). The zero-order valence-corrected chi connectivity index (χ0v) is 17.7. The van der Waals surface area contributed by atoms with Gasteiger partial charge >= 0.3 is 0 Å². The van der Waals surface area contributed by atoms with E-state index in [1.165, 1.54) is 11.8 Å². The molecule has 1 N–H and O–H groups in total. The van der Waals surface area contributed by atoms with Gasteiger partial charge in [-0.05, 0) is 29.8 Å². The third-order valence-corrected chi connectivity index (χ3v) is 6.64. The van der Waals surface area contributed by atoms with Crippen molar-refractivity contribution in [2.24, 2.45) is 0 Å². The molecule has 4 rings (SSSR count). The van der Waals surface area contributed by atoms with Gasteiger partial charge in [0, 0.05) is 16.3 Å². The van der Waals surface area contributed by atoms with Crippen LogP contribution in [0.4, 0.5) is 5.69 Å². The average Bonchev–Trinajstić information content (AvgIpc) is 3.20. The highest BCUT2D eigenvalue weighted by Crippen LogP contribution is 2.40. The van der Waals surface area contributed by atoms with Crippen LogP contribution in [0.1, 0.15) is 0 Å². The van der Waals surface area contributed by atoms with Crippen molar-refractivity contribution in [1.82, 2.24) is 4.98 Å². The summed E-state index contributed by atoms with van der Waals surface area (Å²) in [5, 5.41) is 3.52. The predicted molar refractivity (Wildman–Crippen MR) is 124 cm³/mol. The van der Waals surface area contributed by atoms with Crippen LogP contribution in [0.2, 0.25) is 5.02 Å². The number of amides is 1. The molecule has 6 heteroatoms. The number of thioether (sulfide) groups is 1. The molecule has 0 radical (unpaired) electrons. The molecule has 0 saturated heterocycles. The minimum atomic E-state index is -0.0740. The largest absolute Gasteiger partial charge is 0.325 e. The Balaban J connectivity index is 1.53. The molecule has 3 aromatic carbocycles. The second-order valence-electron chi connectivity index (χ2n) is 6.23. The van der Waals surface area contributed by atoms with Gasteiger partial charge in [0.1, 0.15) is 0 Å². The highest BCUT2D eigenvalue weighted by molar-refractivity contribution is 8.01. The third kappa shape index (κ3) is 5.07. The Morgan fingerprint density at radius 2 is 1.52 bits per heavy atom. The molecule has 0 saturated carbocycles. The first-order chi connectivity index (χ1) is 14.2. The van der Waals surface area contributed by atoms with Crippen LogP contribution < -0.4 is 5.32 Å². The average molecular weight is 437 g/mol. The lowest BCUT2D eigenvalue weighted by molar-refractivity contribution is -0.113. The Kier molecular flexibility index (Phi) is 6.30. The van der Waals surface area contributed by atoms with Crippen molar-refractivity contribution in [3.8, 4) is 21.7 Å². The number of nitrogens with zero attached hydrogens (tertiary/aromatic N) is 1. The van der Waals surface area contributed by atoms with E-state index in [1.54, 1.807) is 35.6 Å². The van der Waals surface area contributed by atoms with E-state index in [-0.39, 0.29) is 5.91 Å². The number of nitrogens with one attached hydrogen (secondary N) is 1. The summed E-state index contributed by atoms with van der Waals surface area (Å²) in [6, 6.07) is 27.4. The molecule has 0 unspecified atom stereocenters. The van der Waals surface area contributed by atoms with Crippen molar-refractivity contribution in [3.63, 3.8) is 0 Å². The van der Waals surface area contributed by atoms with Gasteiger partial charge in [0.2, 0.25) is 5.91 Å². The van der Waals surface area contributed by atoms with Crippen molar-refractivity contribution in [3.05, 3.63) is 90.0 Å². The molecule has 1 amide bonds. The number of carbonyl (C=O) groups excluding carboxylic acids is 1. The van der Waals surface area contributed by atoms with Gasteiger partial charge in [-0.2, -0.15) is 0 Å². The third-order valence-electron chi connectivity index (χ3n) is 4.15. The number of hydrogen-bond acceptors (Lipinski definition) is 4. The highest BCUT2D eigenvalue weighted by Gasteiger charge is 2.16. The fourth-order valence-electron chi connectivity index (χ4n) is 2.80. The van der Waals surface area contributed by atoms with E-state index in [0.717, 1.165) is 31.7 Å². The van der Waals surface area contributed by atoms with Gasteiger partial charge in [0.25, 0.3) is 0 Å². The van der Waals surface area contributed by atoms with Gasteiger partial charge < -0.3 is 5.32 Å².